The number of nitrogens with one attached hydrogen (secondary N) is 1. The molecule has 90 valence electrons. The van der Waals surface area contributed by atoms with Crippen LogP contribution in [0.5, 0.6) is 5.75 Å². The molecular formula is C13H21NO2. The summed E-state index contributed by atoms with van der Waals surface area (Å²) in [5.74, 6) is 0.784. The second-order valence-electron chi connectivity index (χ2n) is 4.41. The van der Waals surface area contributed by atoms with E-state index in [9.17, 15) is 5.11 Å². The molecule has 3 N–H and O–H groups in total. The van der Waals surface area contributed by atoms with Gasteiger partial charge in [0.2, 0.25) is 0 Å². The molecule has 1 unspecified atom stereocenters. The lowest BCUT2D eigenvalue weighted by Crippen LogP contribution is -2.34. The first-order chi connectivity index (χ1) is 7.63. The fourth-order valence-electron chi connectivity index (χ4n) is 1.73. The fourth-order valence-corrected chi connectivity index (χ4v) is 1.73. The van der Waals surface area contributed by atoms with Gasteiger partial charge in [0, 0.05) is 19.2 Å². The summed E-state index contributed by atoms with van der Waals surface area (Å²) in [4.78, 5) is 0. The fraction of sp³-hybridized carbons (Fsp3) is 0.538. The van der Waals surface area contributed by atoms with Crippen molar-refractivity contribution in [3.63, 3.8) is 0 Å². The van der Waals surface area contributed by atoms with Gasteiger partial charge in [-0.25, -0.2) is 0 Å². The Balaban J connectivity index is 2.48. The minimum Gasteiger partial charge on any atom is -0.508 e. The number of rotatable bonds is 6. The zero-order chi connectivity index (χ0) is 12.0. The van der Waals surface area contributed by atoms with Crippen LogP contribution in [-0.4, -0.2) is 22.9 Å². The summed E-state index contributed by atoms with van der Waals surface area (Å²) in [6.07, 6.45) is 0.760. The van der Waals surface area contributed by atoms with Gasteiger partial charge in [-0.1, -0.05) is 26.0 Å². The molecule has 0 saturated heterocycles. The Morgan fingerprint density at radius 3 is 2.62 bits per heavy atom. The number of aromatic hydroxyl groups is 1. The first-order valence-corrected chi connectivity index (χ1v) is 5.75. The summed E-state index contributed by atoms with van der Waals surface area (Å²) in [6, 6.07) is 7.54. The summed E-state index contributed by atoms with van der Waals surface area (Å²) < 4.78 is 0. The van der Waals surface area contributed by atoms with Gasteiger partial charge in [0.05, 0.1) is 0 Å². The van der Waals surface area contributed by atoms with E-state index in [1.165, 1.54) is 0 Å². The van der Waals surface area contributed by atoms with Crippen LogP contribution in [-0.2, 0) is 6.54 Å². The Morgan fingerprint density at radius 2 is 2.06 bits per heavy atom. The van der Waals surface area contributed by atoms with Crippen molar-refractivity contribution in [3.8, 4) is 5.75 Å². The third kappa shape index (κ3) is 4.21. The van der Waals surface area contributed by atoms with Crippen molar-refractivity contribution in [1.82, 2.24) is 5.32 Å². The maximum absolute atomic E-state index is 9.32. The van der Waals surface area contributed by atoms with Crippen molar-refractivity contribution in [2.24, 2.45) is 5.92 Å². The predicted octanol–water partition coefficient (Wildman–Crippen LogP) is 1.89. The number of phenols is 1. The molecule has 0 saturated carbocycles. The van der Waals surface area contributed by atoms with Gasteiger partial charge in [0.15, 0.2) is 0 Å². The molecule has 0 aliphatic heterocycles. The van der Waals surface area contributed by atoms with Crippen LogP contribution in [0.15, 0.2) is 24.3 Å². The highest BCUT2D eigenvalue weighted by Crippen LogP contribution is 2.12. The van der Waals surface area contributed by atoms with E-state index in [1.807, 2.05) is 12.1 Å². The summed E-state index contributed by atoms with van der Waals surface area (Å²) in [5.41, 5.74) is 1.06. The van der Waals surface area contributed by atoms with Gasteiger partial charge in [0.25, 0.3) is 0 Å². The summed E-state index contributed by atoms with van der Waals surface area (Å²) in [6.45, 7) is 5.19. The molecule has 0 bridgehead atoms. The lowest BCUT2D eigenvalue weighted by atomic mass is 10.0. The number of hydrogen-bond donors (Lipinski definition) is 3. The molecule has 1 aromatic rings. The van der Waals surface area contributed by atoms with E-state index in [2.05, 4.69) is 19.2 Å². The van der Waals surface area contributed by atoms with E-state index < -0.39 is 0 Å². The molecule has 0 amide bonds. The van der Waals surface area contributed by atoms with Crippen molar-refractivity contribution < 1.29 is 10.2 Å². The molecule has 0 fully saturated rings. The molecule has 3 nitrogen and oxygen atoms in total. The molecule has 0 aromatic heterocycles. The normalized spacial score (nSPS) is 13.0. The molecule has 1 aromatic carbocycles. The lowest BCUT2D eigenvalue weighted by molar-refractivity contribution is 0.244. The van der Waals surface area contributed by atoms with Gasteiger partial charge < -0.3 is 15.5 Å². The van der Waals surface area contributed by atoms with Gasteiger partial charge in [-0.3, -0.25) is 0 Å². The van der Waals surface area contributed by atoms with Crippen LogP contribution >= 0.6 is 0 Å². The number of aliphatic hydroxyl groups is 1. The highest BCUT2D eigenvalue weighted by molar-refractivity contribution is 5.26. The van der Waals surface area contributed by atoms with Crippen LogP contribution in [0.4, 0.5) is 0 Å². The average Bonchev–Trinajstić information content (AvgIpc) is 2.24. The van der Waals surface area contributed by atoms with E-state index in [0.717, 1.165) is 18.5 Å². The van der Waals surface area contributed by atoms with Crippen LogP contribution in [0.1, 0.15) is 25.8 Å². The first-order valence-electron chi connectivity index (χ1n) is 5.75. The zero-order valence-electron chi connectivity index (χ0n) is 9.98. The van der Waals surface area contributed by atoms with E-state index in [4.69, 9.17) is 5.11 Å². The smallest absolute Gasteiger partial charge is 0.115 e. The van der Waals surface area contributed by atoms with Gasteiger partial charge in [-0.15, -0.1) is 0 Å². The Bertz CT molecular complexity index is 313. The Morgan fingerprint density at radius 1 is 1.31 bits per heavy atom. The second-order valence-corrected chi connectivity index (χ2v) is 4.41. The minimum absolute atomic E-state index is 0.204. The van der Waals surface area contributed by atoms with Crippen LogP contribution in [0.2, 0.25) is 0 Å². The molecule has 16 heavy (non-hydrogen) atoms. The van der Waals surface area contributed by atoms with Gasteiger partial charge in [0.1, 0.15) is 5.75 Å². The highest BCUT2D eigenvalue weighted by atomic mass is 16.3. The first kappa shape index (κ1) is 13.0. The summed E-state index contributed by atoms with van der Waals surface area (Å²) in [5, 5.41) is 21.7. The quantitative estimate of drug-likeness (QED) is 0.690. The monoisotopic (exact) mass is 223 g/mol. The van der Waals surface area contributed by atoms with Crippen LogP contribution < -0.4 is 5.32 Å². The van der Waals surface area contributed by atoms with E-state index >= 15 is 0 Å². The zero-order valence-corrected chi connectivity index (χ0v) is 9.98. The Labute approximate surface area is 97.1 Å². The van der Waals surface area contributed by atoms with Crippen LogP contribution in [0, 0.1) is 5.92 Å². The van der Waals surface area contributed by atoms with Crippen molar-refractivity contribution in [2.45, 2.75) is 32.9 Å². The second kappa shape index (κ2) is 6.51. The average molecular weight is 223 g/mol. The van der Waals surface area contributed by atoms with Crippen molar-refractivity contribution in [1.29, 1.82) is 0 Å². The number of benzene rings is 1. The lowest BCUT2D eigenvalue weighted by Gasteiger charge is -2.21. The SMILES string of the molecule is CC(C)C(CCO)NCc1cccc(O)c1. The van der Waals surface area contributed by atoms with Gasteiger partial charge >= 0.3 is 0 Å². The van der Waals surface area contributed by atoms with Crippen molar-refractivity contribution >= 4 is 0 Å². The van der Waals surface area contributed by atoms with Crippen LogP contribution in [0.3, 0.4) is 0 Å². The largest absolute Gasteiger partial charge is 0.508 e. The summed E-state index contributed by atoms with van der Waals surface area (Å²) in [7, 11) is 0. The number of hydrogen-bond acceptors (Lipinski definition) is 3. The molecule has 0 radical (unpaired) electrons. The highest BCUT2D eigenvalue weighted by Gasteiger charge is 2.11. The molecule has 1 atom stereocenters. The molecule has 3 heteroatoms. The van der Waals surface area contributed by atoms with Crippen molar-refractivity contribution in [3.05, 3.63) is 29.8 Å². The molecule has 0 spiro atoms. The van der Waals surface area contributed by atoms with E-state index in [-0.39, 0.29) is 6.61 Å². The predicted molar refractivity (Wildman–Crippen MR) is 65.3 cm³/mol. The van der Waals surface area contributed by atoms with E-state index in [1.54, 1.807) is 12.1 Å². The Hall–Kier alpha value is -1.06. The molecule has 0 aliphatic rings. The molecular weight excluding hydrogens is 202 g/mol. The third-order valence-corrected chi connectivity index (χ3v) is 2.72. The molecule has 0 aliphatic carbocycles. The number of phenolic OH excluding ortho intramolecular Hbond substituents is 1. The van der Waals surface area contributed by atoms with Gasteiger partial charge in [-0.2, -0.15) is 0 Å². The summed E-state index contributed by atoms with van der Waals surface area (Å²) >= 11 is 0. The molecule has 0 heterocycles. The van der Waals surface area contributed by atoms with Gasteiger partial charge in [-0.05, 0) is 30.0 Å². The topological polar surface area (TPSA) is 52.5 Å². The molecule has 1 rings (SSSR count). The van der Waals surface area contributed by atoms with Crippen LogP contribution in [0.25, 0.3) is 0 Å². The Kier molecular flexibility index (Phi) is 5.29. The number of aliphatic hydroxyl groups excluding tert-OH is 1. The maximum atomic E-state index is 9.32. The maximum Gasteiger partial charge on any atom is 0.115 e. The standard InChI is InChI=1S/C13H21NO2/c1-10(2)13(6-7-15)14-9-11-4-3-5-12(16)8-11/h3-5,8,10,13-16H,6-7,9H2,1-2H3. The minimum atomic E-state index is 0.204. The van der Waals surface area contributed by atoms with E-state index in [0.29, 0.717) is 17.7 Å². The van der Waals surface area contributed by atoms with Crippen molar-refractivity contribution in [2.75, 3.05) is 6.61 Å². The third-order valence-electron chi connectivity index (χ3n) is 2.72.